The highest BCUT2D eigenvalue weighted by molar-refractivity contribution is 7.13. The molecule has 1 aliphatic heterocycles. The van der Waals surface area contributed by atoms with E-state index in [0.717, 1.165) is 23.5 Å². The molecule has 2 N–H and O–H groups in total. The van der Waals surface area contributed by atoms with Crippen LogP contribution in [0.3, 0.4) is 0 Å². The lowest BCUT2D eigenvalue weighted by Crippen LogP contribution is -2.36. The molecule has 0 saturated carbocycles. The monoisotopic (exact) mass is 334 g/mol. The molecule has 2 atom stereocenters. The molecule has 23 heavy (non-hydrogen) atoms. The van der Waals surface area contributed by atoms with Gasteiger partial charge in [-0.05, 0) is 17.9 Å². The Morgan fingerprint density at radius 3 is 3.04 bits per heavy atom. The molecule has 1 saturated heterocycles. The summed E-state index contributed by atoms with van der Waals surface area (Å²) in [7, 11) is 0. The number of ether oxygens (including phenoxy) is 1. The first-order valence-corrected chi connectivity index (χ1v) is 8.60. The van der Waals surface area contributed by atoms with Crippen LogP contribution in [0.25, 0.3) is 0 Å². The van der Waals surface area contributed by atoms with Crippen molar-refractivity contribution in [3.63, 3.8) is 0 Å². The van der Waals surface area contributed by atoms with E-state index >= 15 is 0 Å². The molecule has 7 heteroatoms. The van der Waals surface area contributed by atoms with Crippen LogP contribution in [0.2, 0.25) is 0 Å². The summed E-state index contributed by atoms with van der Waals surface area (Å²) in [4.78, 5) is 17.5. The van der Waals surface area contributed by atoms with Gasteiger partial charge in [-0.15, -0.1) is 11.3 Å². The zero-order valence-corrected chi connectivity index (χ0v) is 14.4. The van der Waals surface area contributed by atoms with Crippen LogP contribution < -0.4 is 5.32 Å². The predicted molar refractivity (Wildman–Crippen MR) is 88.4 cm³/mol. The summed E-state index contributed by atoms with van der Waals surface area (Å²) in [6.07, 6.45) is 4.86. The number of aromatic nitrogens is 3. The van der Waals surface area contributed by atoms with E-state index in [0.29, 0.717) is 11.5 Å². The van der Waals surface area contributed by atoms with Crippen molar-refractivity contribution in [2.75, 3.05) is 6.61 Å². The molecule has 1 amide bonds. The van der Waals surface area contributed by atoms with Crippen LogP contribution >= 0.6 is 11.3 Å². The number of amides is 1. The zero-order valence-electron chi connectivity index (χ0n) is 13.6. The minimum Gasteiger partial charge on any atom is -0.370 e. The van der Waals surface area contributed by atoms with Crippen LogP contribution in [-0.4, -0.2) is 33.7 Å². The van der Waals surface area contributed by atoms with Crippen molar-refractivity contribution in [2.24, 2.45) is 5.41 Å². The first kappa shape index (κ1) is 16.1. The molecule has 0 unspecified atom stereocenters. The van der Waals surface area contributed by atoms with Gasteiger partial charge in [0.25, 0.3) is 5.91 Å². The van der Waals surface area contributed by atoms with E-state index in [-0.39, 0.29) is 23.5 Å². The van der Waals surface area contributed by atoms with Gasteiger partial charge in [0.05, 0.1) is 22.9 Å². The molecule has 124 valence electrons. The number of nitrogens with one attached hydrogen (secondary N) is 2. The van der Waals surface area contributed by atoms with Crippen LogP contribution in [0.1, 0.15) is 53.7 Å². The topological polar surface area (TPSA) is 79.9 Å². The molecule has 0 aliphatic carbocycles. The Morgan fingerprint density at radius 1 is 1.52 bits per heavy atom. The highest BCUT2D eigenvalue weighted by Crippen LogP contribution is 2.28. The van der Waals surface area contributed by atoms with Gasteiger partial charge in [0, 0.05) is 19.2 Å². The van der Waals surface area contributed by atoms with Gasteiger partial charge in [-0.1, -0.05) is 20.8 Å². The van der Waals surface area contributed by atoms with Gasteiger partial charge in [-0.3, -0.25) is 9.89 Å². The molecule has 1 fully saturated rings. The summed E-state index contributed by atoms with van der Waals surface area (Å²) in [5.41, 5.74) is 1.06. The maximum atomic E-state index is 12.5. The van der Waals surface area contributed by atoms with Crippen LogP contribution in [-0.2, 0) is 11.2 Å². The molecular weight excluding hydrogens is 312 g/mol. The maximum Gasteiger partial charge on any atom is 0.263 e. The predicted octanol–water partition coefficient (Wildman–Crippen LogP) is 2.71. The lowest BCUT2D eigenvalue weighted by atomic mass is 9.93. The fourth-order valence-corrected chi connectivity index (χ4v) is 3.78. The van der Waals surface area contributed by atoms with Crippen molar-refractivity contribution < 1.29 is 9.53 Å². The number of carbonyl (C=O) groups excluding carboxylic acids is 1. The fourth-order valence-electron chi connectivity index (χ4n) is 2.66. The van der Waals surface area contributed by atoms with E-state index in [9.17, 15) is 4.79 Å². The van der Waals surface area contributed by atoms with Gasteiger partial charge < -0.3 is 10.1 Å². The number of hydrogen-bond acceptors (Lipinski definition) is 5. The number of nitrogens with zero attached hydrogens (tertiary/aromatic N) is 2. The number of aromatic amines is 1. The normalized spacial score (nSPS) is 21.5. The molecule has 0 bridgehead atoms. The van der Waals surface area contributed by atoms with Crippen molar-refractivity contribution in [1.82, 2.24) is 20.5 Å². The lowest BCUT2D eigenvalue weighted by molar-refractivity contribution is 0.0810. The molecule has 2 aromatic rings. The zero-order chi connectivity index (χ0) is 16.4. The number of rotatable bonds is 4. The Labute approximate surface area is 139 Å². The quantitative estimate of drug-likeness (QED) is 0.901. The van der Waals surface area contributed by atoms with Gasteiger partial charge in [0.1, 0.15) is 11.0 Å². The lowest BCUT2D eigenvalue weighted by Gasteiger charge is -2.18. The third-order valence-corrected chi connectivity index (χ3v) is 4.69. The van der Waals surface area contributed by atoms with Crippen LogP contribution in [0.15, 0.2) is 18.5 Å². The summed E-state index contributed by atoms with van der Waals surface area (Å²) >= 11 is 1.47. The highest BCUT2D eigenvalue weighted by Gasteiger charge is 2.32. The summed E-state index contributed by atoms with van der Waals surface area (Å²) in [6.45, 7) is 7.13. The molecule has 0 spiro atoms. The van der Waals surface area contributed by atoms with Crippen molar-refractivity contribution in [3.8, 4) is 0 Å². The van der Waals surface area contributed by atoms with E-state index in [4.69, 9.17) is 4.74 Å². The number of carbonyl (C=O) groups is 1. The standard InChI is InChI=1S/C16H22N4O2S/c1-16(2,3)8-13-17-9-12(23-13)15(21)19-10-5-7-22-14(10)11-4-6-18-20-11/h4,6,9-10,14H,5,7-8H2,1-3H3,(H,18,20)(H,19,21)/t10-,14-/m1/s1. The van der Waals surface area contributed by atoms with E-state index in [1.165, 1.54) is 11.3 Å². The molecule has 3 heterocycles. The van der Waals surface area contributed by atoms with E-state index in [1.54, 1.807) is 12.4 Å². The van der Waals surface area contributed by atoms with Gasteiger partial charge >= 0.3 is 0 Å². The minimum atomic E-state index is -0.164. The van der Waals surface area contributed by atoms with Crippen LogP contribution in [0.5, 0.6) is 0 Å². The summed E-state index contributed by atoms with van der Waals surface area (Å²) < 4.78 is 5.72. The molecule has 1 aliphatic rings. The molecular formula is C16H22N4O2S. The van der Waals surface area contributed by atoms with Gasteiger partial charge in [-0.2, -0.15) is 5.10 Å². The van der Waals surface area contributed by atoms with E-state index < -0.39 is 0 Å². The van der Waals surface area contributed by atoms with Crippen molar-refractivity contribution in [1.29, 1.82) is 0 Å². The Kier molecular flexibility index (Phi) is 4.50. The second kappa shape index (κ2) is 6.41. The maximum absolute atomic E-state index is 12.5. The Balaban J connectivity index is 1.65. The van der Waals surface area contributed by atoms with Crippen LogP contribution in [0.4, 0.5) is 0 Å². The molecule has 2 aromatic heterocycles. The van der Waals surface area contributed by atoms with Crippen molar-refractivity contribution in [3.05, 3.63) is 34.0 Å². The van der Waals surface area contributed by atoms with Gasteiger partial charge in [0.2, 0.25) is 0 Å². The minimum absolute atomic E-state index is 0.0453. The van der Waals surface area contributed by atoms with E-state index in [1.807, 2.05) is 6.07 Å². The Bertz CT molecular complexity index is 660. The largest absolute Gasteiger partial charge is 0.370 e. The van der Waals surface area contributed by atoms with Gasteiger partial charge in [-0.25, -0.2) is 4.98 Å². The SMILES string of the molecule is CC(C)(C)Cc1ncc(C(=O)N[C@@H]2CCO[C@H]2c2ccn[nH]2)s1. The van der Waals surface area contributed by atoms with Crippen molar-refractivity contribution in [2.45, 2.75) is 45.8 Å². The van der Waals surface area contributed by atoms with Crippen molar-refractivity contribution >= 4 is 17.2 Å². The third kappa shape index (κ3) is 3.97. The Hall–Kier alpha value is -1.73. The van der Waals surface area contributed by atoms with E-state index in [2.05, 4.69) is 41.3 Å². The number of thiazole rings is 1. The average molecular weight is 334 g/mol. The molecule has 6 nitrogen and oxygen atoms in total. The average Bonchev–Trinajstić information content (AvgIpc) is 3.16. The summed E-state index contributed by atoms with van der Waals surface area (Å²) in [5.74, 6) is -0.0809. The van der Waals surface area contributed by atoms with Crippen LogP contribution in [0, 0.1) is 5.41 Å². The Morgan fingerprint density at radius 2 is 2.35 bits per heavy atom. The summed E-state index contributed by atoms with van der Waals surface area (Å²) in [6, 6.07) is 1.83. The first-order chi connectivity index (χ1) is 10.9. The number of H-pyrrole nitrogens is 1. The number of hydrogen-bond donors (Lipinski definition) is 2. The smallest absolute Gasteiger partial charge is 0.263 e. The van der Waals surface area contributed by atoms with Gasteiger partial charge in [0.15, 0.2) is 0 Å². The summed E-state index contributed by atoms with van der Waals surface area (Å²) in [5, 5.41) is 10.9. The first-order valence-electron chi connectivity index (χ1n) is 7.79. The molecule has 0 aromatic carbocycles. The molecule has 3 rings (SSSR count). The molecule has 0 radical (unpaired) electrons. The third-order valence-electron chi connectivity index (χ3n) is 3.70. The highest BCUT2D eigenvalue weighted by atomic mass is 32.1. The second-order valence-electron chi connectivity index (χ2n) is 7.03. The fraction of sp³-hybridized carbons (Fsp3) is 0.562. The second-order valence-corrected chi connectivity index (χ2v) is 8.14.